The van der Waals surface area contributed by atoms with Crippen LogP contribution in [0, 0.1) is 12.7 Å². The first-order chi connectivity index (χ1) is 8.19. The van der Waals surface area contributed by atoms with Gasteiger partial charge in [-0.2, -0.15) is 0 Å². The standard InChI is InChI=1S/C13H13FN2O/c1-9-2-4-11(6-12(9)14)17-13-5-3-10(7-15)8-16-13/h2-6,8H,7,15H2,1H3. The van der Waals surface area contributed by atoms with Gasteiger partial charge in [-0.15, -0.1) is 0 Å². The second kappa shape index (κ2) is 4.93. The average molecular weight is 232 g/mol. The molecule has 0 saturated heterocycles. The van der Waals surface area contributed by atoms with Crippen LogP contribution >= 0.6 is 0 Å². The van der Waals surface area contributed by atoms with E-state index in [0.717, 1.165) is 5.56 Å². The van der Waals surface area contributed by atoms with Crippen LogP contribution in [-0.2, 0) is 6.54 Å². The molecule has 0 radical (unpaired) electrons. The number of rotatable bonds is 3. The highest BCUT2D eigenvalue weighted by atomic mass is 19.1. The third kappa shape index (κ3) is 2.79. The Kier molecular flexibility index (Phi) is 3.35. The van der Waals surface area contributed by atoms with Crippen LogP contribution in [0.5, 0.6) is 11.6 Å². The van der Waals surface area contributed by atoms with Gasteiger partial charge in [0.25, 0.3) is 0 Å². The van der Waals surface area contributed by atoms with Crippen molar-refractivity contribution in [1.29, 1.82) is 0 Å². The van der Waals surface area contributed by atoms with Gasteiger partial charge in [-0.1, -0.05) is 12.1 Å². The monoisotopic (exact) mass is 232 g/mol. The minimum absolute atomic E-state index is 0.291. The van der Waals surface area contributed by atoms with Crippen LogP contribution in [0.25, 0.3) is 0 Å². The Morgan fingerprint density at radius 3 is 2.71 bits per heavy atom. The zero-order chi connectivity index (χ0) is 12.3. The lowest BCUT2D eigenvalue weighted by Gasteiger charge is -2.06. The largest absolute Gasteiger partial charge is 0.439 e. The maximum absolute atomic E-state index is 13.3. The molecule has 2 N–H and O–H groups in total. The molecule has 0 amide bonds. The number of hydrogen-bond acceptors (Lipinski definition) is 3. The van der Waals surface area contributed by atoms with Crippen LogP contribution in [0.15, 0.2) is 36.5 Å². The number of ether oxygens (including phenoxy) is 1. The normalized spacial score (nSPS) is 10.3. The van der Waals surface area contributed by atoms with Gasteiger partial charge in [-0.05, 0) is 24.1 Å². The highest BCUT2D eigenvalue weighted by Crippen LogP contribution is 2.21. The lowest BCUT2D eigenvalue weighted by Crippen LogP contribution is -1.97. The van der Waals surface area contributed by atoms with E-state index in [1.54, 1.807) is 31.3 Å². The minimum atomic E-state index is -0.291. The molecule has 0 saturated carbocycles. The van der Waals surface area contributed by atoms with E-state index in [1.807, 2.05) is 6.07 Å². The van der Waals surface area contributed by atoms with Crippen LogP contribution in [-0.4, -0.2) is 4.98 Å². The molecule has 3 nitrogen and oxygen atoms in total. The van der Waals surface area contributed by atoms with Gasteiger partial charge < -0.3 is 10.5 Å². The number of aromatic nitrogens is 1. The molecule has 0 bridgehead atoms. The van der Waals surface area contributed by atoms with Crippen molar-refractivity contribution in [1.82, 2.24) is 4.98 Å². The van der Waals surface area contributed by atoms with E-state index in [2.05, 4.69) is 4.98 Å². The molecule has 0 fully saturated rings. The smallest absolute Gasteiger partial charge is 0.219 e. The summed E-state index contributed by atoms with van der Waals surface area (Å²) in [6.45, 7) is 2.14. The van der Waals surface area contributed by atoms with E-state index in [1.165, 1.54) is 6.07 Å². The Hall–Kier alpha value is -1.94. The number of hydrogen-bond donors (Lipinski definition) is 1. The molecule has 1 heterocycles. The lowest BCUT2D eigenvalue weighted by molar-refractivity contribution is 0.457. The summed E-state index contributed by atoms with van der Waals surface area (Å²) in [6, 6.07) is 8.25. The summed E-state index contributed by atoms with van der Waals surface area (Å²) < 4.78 is 18.7. The van der Waals surface area contributed by atoms with Crippen molar-refractivity contribution in [3.8, 4) is 11.6 Å². The van der Waals surface area contributed by atoms with Crippen molar-refractivity contribution in [2.45, 2.75) is 13.5 Å². The van der Waals surface area contributed by atoms with E-state index in [-0.39, 0.29) is 5.82 Å². The van der Waals surface area contributed by atoms with Crippen molar-refractivity contribution >= 4 is 0 Å². The molecule has 0 aliphatic rings. The van der Waals surface area contributed by atoms with Gasteiger partial charge in [0.15, 0.2) is 0 Å². The van der Waals surface area contributed by atoms with E-state index < -0.39 is 0 Å². The molecular weight excluding hydrogens is 219 g/mol. The Morgan fingerprint density at radius 2 is 2.12 bits per heavy atom. The van der Waals surface area contributed by atoms with Gasteiger partial charge >= 0.3 is 0 Å². The second-order valence-electron chi connectivity index (χ2n) is 3.72. The summed E-state index contributed by atoms with van der Waals surface area (Å²) in [7, 11) is 0. The van der Waals surface area contributed by atoms with E-state index in [9.17, 15) is 4.39 Å². The van der Waals surface area contributed by atoms with Gasteiger partial charge in [0.1, 0.15) is 11.6 Å². The molecule has 0 aliphatic heterocycles. The van der Waals surface area contributed by atoms with E-state index in [4.69, 9.17) is 10.5 Å². The Morgan fingerprint density at radius 1 is 1.29 bits per heavy atom. The zero-order valence-electron chi connectivity index (χ0n) is 9.48. The van der Waals surface area contributed by atoms with Crippen molar-refractivity contribution < 1.29 is 9.13 Å². The topological polar surface area (TPSA) is 48.1 Å². The first kappa shape index (κ1) is 11.5. The quantitative estimate of drug-likeness (QED) is 0.885. The van der Waals surface area contributed by atoms with Crippen molar-refractivity contribution in [2.24, 2.45) is 5.73 Å². The predicted molar refractivity (Wildman–Crippen MR) is 63.3 cm³/mol. The Bertz CT molecular complexity index is 511. The molecule has 17 heavy (non-hydrogen) atoms. The predicted octanol–water partition coefficient (Wildman–Crippen LogP) is 2.78. The van der Waals surface area contributed by atoms with Crippen molar-refractivity contribution in [2.75, 3.05) is 0 Å². The van der Waals surface area contributed by atoms with Gasteiger partial charge in [-0.3, -0.25) is 0 Å². The van der Waals surface area contributed by atoms with Gasteiger partial charge in [0, 0.05) is 24.9 Å². The Labute approximate surface area is 99.1 Å². The van der Waals surface area contributed by atoms with Crippen molar-refractivity contribution in [3.05, 3.63) is 53.5 Å². The molecule has 1 aromatic carbocycles. The minimum Gasteiger partial charge on any atom is -0.439 e. The first-order valence-corrected chi connectivity index (χ1v) is 5.28. The summed E-state index contributed by atoms with van der Waals surface area (Å²) >= 11 is 0. The lowest BCUT2D eigenvalue weighted by atomic mass is 10.2. The second-order valence-corrected chi connectivity index (χ2v) is 3.72. The molecule has 2 aromatic rings. The maximum Gasteiger partial charge on any atom is 0.219 e. The number of nitrogens with two attached hydrogens (primary N) is 1. The zero-order valence-corrected chi connectivity index (χ0v) is 9.48. The van der Waals surface area contributed by atoms with Gasteiger partial charge in [0.2, 0.25) is 5.88 Å². The van der Waals surface area contributed by atoms with Crippen LogP contribution in [0.2, 0.25) is 0 Å². The number of pyridine rings is 1. The number of benzene rings is 1. The number of aryl methyl sites for hydroxylation is 1. The summed E-state index contributed by atoms with van der Waals surface area (Å²) in [5.74, 6) is 0.563. The van der Waals surface area contributed by atoms with Crippen LogP contribution in [0.1, 0.15) is 11.1 Å². The molecule has 0 spiro atoms. The number of nitrogens with zero attached hydrogens (tertiary/aromatic N) is 1. The van der Waals surface area contributed by atoms with Gasteiger partial charge in [0.05, 0.1) is 0 Å². The third-order valence-electron chi connectivity index (χ3n) is 2.40. The fourth-order valence-corrected chi connectivity index (χ4v) is 1.35. The average Bonchev–Trinajstić information content (AvgIpc) is 2.35. The fraction of sp³-hybridized carbons (Fsp3) is 0.154. The molecule has 0 aliphatic carbocycles. The number of halogens is 1. The highest BCUT2D eigenvalue weighted by molar-refractivity contribution is 5.31. The van der Waals surface area contributed by atoms with E-state index in [0.29, 0.717) is 23.7 Å². The van der Waals surface area contributed by atoms with Gasteiger partial charge in [-0.25, -0.2) is 9.37 Å². The molecule has 0 atom stereocenters. The fourth-order valence-electron chi connectivity index (χ4n) is 1.35. The molecule has 2 rings (SSSR count). The third-order valence-corrected chi connectivity index (χ3v) is 2.40. The highest BCUT2D eigenvalue weighted by Gasteiger charge is 2.02. The first-order valence-electron chi connectivity index (χ1n) is 5.28. The van der Waals surface area contributed by atoms with Crippen LogP contribution in [0.4, 0.5) is 4.39 Å². The summed E-state index contributed by atoms with van der Waals surface area (Å²) in [5, 5.41) is 0. The molecule has 4 heteroatoms. The SMILES string of the molecule is Cc1ccc(Oc2ccc(CN)cn2)cc1F. The summed E-state index contributed by atoms with van der Waals surface area (Å²) in [4.78, 5) is 4.07. The molecular formula is C13H13FN2O. The van der Waals surface area contributed by atoms with Crippen LogP contribution in [0.3, 0.4) is 0 Å². The summed E-state index contributed by atoms with van der Waals surface area (Å²) in [6.07, 6.45) is 1.64. The van der Waals surface area contributed by atoms with E-state index >= 15 is 0 Å². The maximum atomic E-state index is 13.3. The Balaban J connectivity index is 2.16. The summed E-state index contributed by atoms with van der Waals surface area (Å²) in [5.41, 5.74) is 6.97. The molecule has 88 valence electrons. The van der Waals surface area contributed by atoms with Crippen molar-refractivity contribution in [3.63, 3.8) is 0 Å². The molecule has 0 unspecified atom stereocenters. The van der Waals surface area contributed by atoms with Crippen LogP contribution < -0.4 is 10.5 Å². The molecule has 1 aromatic heterocycles.